The lowest BCUT2D eigenvalue weighted by molar-refractivity contribution is 0.408. The van der Waals surface area contributed by atoms with E-state index in [-0.39, 0.29) is 17.4 Å². The topological polar surface area (TPSA) is 71.1 Å². The van der Waals surface area contributed by atoms with E-state index in [1.165, 1.54) is 24.5 Å². The maximum atomic E-state index is 9.96. The second kappa shape index (κ2) is 5.29. The van der Waals surface area contributed by atoms with Crippen LogP contribution < -0.4 is 15.4 Å². The molecule has 2 heterocycles. The van der Waals surface area contributed by atoms with E-state index < -0.39 is 0 Å². The molecule has 0 atom stereocenters. The number of ether oxygens (including phenoxy) is 1. The molecule has 110 valence electrons. The van der Waals surface area contributed by atoms with Crippen LogP contribution in [0, 0.1) is 0 Å². The second-order valence-corrected chi connectivity index (χ2v) is 5.99. The number of aromatic hydroxyl groups is 1. The summed E-state index contributed by atoms with van der Waals surface area (Å²) in [7, 11) is 1.47. The number of thiophene rings is 1. The number of anilines is 2. The van der Waals surface area contributed by atoms with Crippen LogP contribution in [-0.4, -0.2) is 24.7 Å². The van der Waals surface area contributed by atoms with Crippen molar-refractivity contribution < 1.29 is 9.84 Å². The number of nitrogens with two attached hydrogens (primary N) is 1. The summed E-state index contributed by atoms with van der Waals surface area (Å²) < 4.78 is 5.17. The highest BCUT2D eigenvalue weighted by atomic mass is 35.5. The molecule has 0 aliphatic carbocycles. The molecule has 0 radical (unpaired) electrons. The van der Waals surface area contributed by atoms with Gasteiger partial charge in [0.05, 0.1) is 23.4 Å². The van der Waals surface area contributed by atoms with E-state index in [4.69, 9.17) is 33.7 Å². The van der Waals surface area contributed by atoms with Gasteiger partial charge < -0.3 is 20.5 Å². The van der Waals surface area contributed by atoms with Gasteiger partial charge in [-0.15, -0.1) is 11.3 Å². The van der Waals surface area contributed by atoms with Crippen LogP contribution in [-0.2, 0) is 0 Å². The first kappa shape index (κ1) is 14.3. The van der Waals surface area contributed by atoms with Crippen molar-refractivity contribution in [2.75, 3.05) is 18.7 Å². The van der Waals surface area contributed by atoms with E-state index >= 15 is 0 Å². The summed E-state index contributed by atoms with van der Waals surface area (Å²) in [6.45, 7) is 0.265. The zero-order valence-corrected chi connectivity index (χ0v) is 13.3. The van der Waals surface area contributed by atoms with Crippen molar-refractivity contribution in [2.45, 2.75) is 0 Å². The Morgan fingerprint density at radius 2 is 2.19 bits per heavy atom. The first-order valence-corrected chi connectivity index (χ1v) is 7.58. The normalized spacial score (nSPS) is 13.9. The van der Waals surface area contributed by atoms with E-state index in [9.17, 15) is 5.11 Å². The second-order valence-electron chi connectivity index (χ2n) is 4.32. The molecule has 0 fully saturated rings. The number of methoxy groups -OCH3 is 1. The number of benzene rings is 1. The molecular formula is C13H11Cl2N3O2S. The highest BCUT2D eigenvalue weighted by Gasteiger charge is 2.27. The fourth-order valence-corrected chi connectivity index (χ4v) is 3.61. The Morgan fingerprint density at radius 1 is 1.43 bits per heavy atom. The van der Waals surface area contributed by atoms with Crippen molar-refractivity contribution in [1.82, 2.24) is 0 Å². The Balaban J connectivity index is 2.21. The number of hydrogen-bond donors (Lipinski definition) is 2. The number of amidine groups is 1. The van der Waals surface area contributed by atoms with Gasteiger partial charge in [-0.1, -0.05) is 23.2 Å². The minimum Gasteiger partial charge on any atom is -0.506 e. The number of rotatable bonds is 2. The molecule has 1 aliphatic rings. The average Bonchev–Trinajstić information content (AvgIpc) is 2.95. The van der Waals surface area contributed by atoms with Crippen LogP contribution in [0.15, 0.2) is 22.5 Å². The molecule has 1 aromatic heterocycles. The highest BCUT2D eigenvalue weighted by Crippen LogP contribution is 2.49. The fourth-order valence-electron chi connectivity index (χ4n) is 2.16. The summed E-state index contributed by atoms with van der Waals surface area (Å²) >= 11 is 14.1. The monoisotopic (exact) mass is 343 g/mol. The Kier molecular flexibility index (Phi) is 3.61. The third-order valence-corrected chi connectivity index (χ3v) is 4.83. The highest BCUT2D eigenvalue weighted by molar-refractivity contribution is 7.12. The smallest absolute Gasteiger partial charge is 0.143 e. The van der Waals surface area contributed by atoms with E-state index in [2.05, 4.69) is 4.99 Å². The van der Waals surface area contributed by atoms with Crippen LogP contribution in [0.5, 0.6) is 11.5 Å². The number of fused-ring (bicyclic) bond motifs is 1. The van der Waals surface area contributed by atoms with Crippen LogP contribution in [0.3, 0.4) is 0 Å². The standard InChI is InChI=1S/C13H11Cl2N3O2S/c1-20-8-4-7(19)9(14)11(10(8)15)18-5-17-13(16)12-6(18)2-3-21-12/h2-4,19H,5H2,1H3,(H2,16,17). The first-order chi connectivity index (χ1) is 10.0. The summed E-state index contributed by atoms with van der Waals surface area (Å²) in [5.74, 6) is 0.718. The quantitative estimate of drug-likeness (QED) is 0.874. The minimum absolute atomic E-state index is 0.104. The molecule has 3 N–H and O–H groups in total. The third-order valence-electron chi connectivity index (χ3n) is 3.17. The molecule has 0 amide bonds. The Hall–Kier alpha value is -1.63. The number of hydrogen-bond acceptors (Lipinski definition) is 6. The molecular weight excluding hydrogens is 333 g/mol. The molecule has 5 nitrogen and oxygen atoms in total. The maximum Gasteiger partial charge on any atom is 0.143 e. The molecule has 0 unspecified atom stereocenters. The molecule has 0 spiro atoms. The number of aliphatic imine (C=N–C) groups is 1. The van der Waals surface area contributed by atoms with Gasteiger partial charge in [0.1, 0.15) is 34.0 Å². The number of phenolic OH excluding ortho intramolecular Hbond substituents is 1. The molecule has 21 heavy (non-hydrogen) atoms. The van der Waals surface area contributed by atoms with E-state index in [0.29, 0.717) is 22.3 Å². The summed E-state index contributed by atoms with van der Waals surface area (Å²) in [4.78, 5) is 6.90. The van der Waals surface area contributed by atoms with Crippen LogP contribution in [0.4, 0.5) is 11.4 Å². The number of halogens is 2. The average molecular weight is 344 g/mol. The van der Waals surface area contributed by atoms with E-state index in [1.807, 2.05) is 11.4 Å². The van der Waals surface area contributed by atoms with Gasteiger partial charge in [-0.25, -0.2) is 4.99 Å². The van der Waals surface area contributed by atoms with Crippen molar-refractivity contribution in [3.05, 3.63) is 32.4 Å². The largest absolute Gasteiger partial charge is 0.506 e. The Bertz CT molecular complexity index is 745. The van der Waals surface area contributed by atoms with Crippen LogP contribution in [0.25, 0.3) is 0 Å². The predicted octanol–water partition coefficient (Wildman–Crippen LogP) is 3.58. The molecule has 3 rings (SSSR count). The van der Waals surface area contributed by atoms with Crippen LogP contribution in [0.1, 0.15) is 4.88 Å². The lowest BCUT2D eigenvalue weighted by atomic mass is 10.2. The molecule has 8 heteroatoms. The van der Waals surface area contributed by atoms with Gasteiger partial charge in [-0.3, -0.25) is 0 Å². The van der Waals surface area contributed by atoms with Crippen molar-refractivity contribution in [2.24, 2.45) is 10.7 Å². The van der Waals surface area contributed by atoms with Gasteiger partial charge in [0.25, 0.3) is 0 Å². The molecule has 0 saturated carbocycles. The third kappa shape index (κ3) is 2.19. The minimum atomic E-state index is -0.104. The zero-order chi connectivity index (χ0) is 15.1. The lowest BCUT2D eigenvalue weighted by Crippen LogP contribution is -2.28. The van der Waals surface area contributed by atoms with Crippen molar-refractivity contribution >= 4 is 51.7 Å². The lowest BCUT2D eigenvalue weighted by Gasteiger charge is -2.29. The molecule has 2 aromatic rings. The van der Waals surface area contributed by atoms with Gasteiger partial charge in [0, 0.05) is 6.07 Å². The molecule has 0 saturated heterocycles. The first-order valence-electron chi connectivity index (χ1n) is 5.95. The van der Waals surface area contributed by atoms with E-state index in [0.717, 1.165) is 10.6 Å². The van der Waals surface area contributed by atoms with Gasteiger partial charge in [0.2, 0.25) is 0 Å². The molecule has 1 aliphatic heterocycles. The number of nitrogens with zero attached hydrogens (tertiary/aromatic N) is 2. The maximum absolute atomic E-state index is 9.96. The number of phenols is 1. The predicted molar refractivity (Wildman–Crippen MR) is 86.7 cm³/mol. The summed E-state index contributed by atoms with van der Waals surface area (Å²) in [6.07, 6.45) is 0. The van der Waals surface area contributed by atoms with Gasteiger partial charge in [-0.2, -0.15) is 0 Å². The van der Waals surface area contributed by atoms with Gasteiger partial charge in [-0.05, 0) is 11.4 Å². The molecule has 0 bridgehead atoms. The Morgan fingerprint density at radius 3 is 2.90 bits per heavy atom. The van der Waals surface area contributed by atoms with E-state index in [1.54, 1.807) is 4.90 Å². The van der Waals surface area contributed by atoms with Crippen LogP contribution >= 0.6 is 34.5 Å². The summed E-state index contributed by atoms with van der Waals surface area (Å²) in [5, 5.41) is 12.3. The van der Waals surface area contributed by atoms with Crippen molar-refractivity contribution in [1.29, 1.82) is 0 Å². The Labute approximate surface area is 135 Å². The fraction of sp³-hybridized carbons (Fsp3) is 0.154. The molecule has 1 aromatic carbocycles. The van der Waals surface area contributed by atoms with Gasteiger partial charge in [0.15, 0.2) is 0 Å². The summed E-state index contributed by atoms with van der Waals surface area (Å²) in [6, 6.07) is 3.29. The van der Waals surface area contributed by atoms with Crippen molar-refractivity contribution in [3.63, 3.8) is 0 Å². The summed E-state index contributed by atoms with van der Waals surface area (Å²) in [5.41, 5.74) is 7.19. The SMILES string of the molecule is COc1cc(O)c(Cl)c(N2CN=C(N)c3sccc32)c1Cl. The zero-order valence-electron chi connectivity index (χ0n) is 10.9. The van der Waals surface area contributed by atoms with Crippen molar-refractivity contribution in [3.8, 4) is 11.5 Å². The van der Waals surface area contributed by atoms with Crippen LogP contribution in [0.2, 0.25) is 10.0 Å². The van der Waals surface area contributed by atoms with Gasteiger partial charge >= 0.3 is 0 Å².